The van der Waals surface area contributed by atoms with Crippen LogP contribution in [0, 0.1) is 0 Å². The second-order valence-electron chi connectivity index (χ2n) is 4.06. The summed E-state index contributed by atoms with van der Waals surface area (Å²) in [4.78, 5) is 17.5. The molecule has 18 heavy (non-hydrogen) atoms. The Morgan fingerprint density at radius 1 is 1.44 bits per heavy atom. The molecule has 0 bridgehead atoms. The summed E-state index contributed by atoms with van der Waals surface area (Å²) in [6.07, 6.45) is 5.48. The van der Waals surface area contributed by atoms with Crippen molar-refractivity contribution in [3.63, 3.8) is 0 Å². The summed E-state index contributed by atoms with van der Waals surface area (Å²) in [7, 11) is 1.40. The van der Waals surface area contributed by atoms with E-state index in [9.17, 15) is 4.79 Å². The Bertz CT molecular complexity index is 402. The number of hydrogen-bond donors (Lipinski definition) is 0. The summed E-state index contributed by atoms with van der Waals surface area (Å²) in [5.74, 6) is -0.269. The van der Waals surface area contributed by atoms with E-state index in [0.717, 1.165) is 19.6 Å². The van der Waals surface area contributed by atoms with Gasteiger partial charge in [-0.1, -0.05) is 13.0 Å². The molecular weight excluding hydrogens is 228 g/mol. The fraction of sp³-hybridized carbons (Fsp3) is 0.429. The van der Waals surface area contributed by atoms with Crippen LogP contribution in [-0.2, 0) is 16.1 Å². The molecule has 1 heterocycles. The Morgan fingerprint density at radius 2 is 2.11 bits per heavy atom. The Morgan fingerprint density at radius 3 is 2.67 bits per heavy atom. The normalized spacial score (nSPS) is 11.7. The highest BCUT2D eigenvalue weighted by Crippen LogP contribution is 2.04. The molecule has 0 spiro atoms. The Labute approximate surface area is 108 Å². The van der Waals surface area contributed by atoms with Gasteiger partial charge >= 0.3 is 5.97 Å². The van der Waals surface area contributed by atoms with Crippen LogP contribution in [0.2, 0.25) is 0 Å². The van der Waals surface area contributed by atoms with Crippen LogP contribution in [-0.4, -0.2) is 36.1 Å². The number of ether oxygens (including phenoxy) is 1. The van der Waals surface area contributed by atoms with Crippen molar-refractivity contribution in [3.05, 3.63) is 41.7 Å². The molecule has 0 radical (unpaired) electrons. The minimum Gasteiger partial charge on any atom is -0.466 e. The van der Waals surface area contributed by atoms with Crippen LogP contribution in [0.3, 0.4) is 0 Å². The van der Waals surface area contributed by atoms with E-state index in [0.29, 0.717) is 5.57 Å². The van der Waals surface area contributed by atoms with Gasteiger partial charge in [-0.05, 0) is 31.2 Å². The van der Waals surface area contributed by atoms with Gasteiger partial charge in [0.2, 0.25) is 0 Å². The van der Waals surface area contributed by atoms with Gasteiger partial charge in [-0.2, -0.15) is 0 Å². The molecule has 0 atom stereocenters. The fourth-order valence-corrected chi connectivity index (χ4v) is 1.56. The van der Waals surface area contributed by atoms with Gasteiger partial charge < -0.3 is 4.74 Å². The molecule has 1 aromatic rings. The van der Waals surface area contributed by atoms with Crippen LogP contribution < -0.4 is 0 Å². The molecule has 0 fully saturated rings. The van der Waals surface area contributed by atoms with E-state index in [4.69, 9.17) is 0 Å². The van der Waals surface area contributed by atoms with Gasteiger partial charge in [0.05, 0.1) is 7.11 Å². The first-order valence-corrected chi connectivity index (χ1v) is 6.03. The number of methoxy groups -OCH3 is 1. The predicted octanol–water partition coefficient (Wildman–Crippen LogP) is 2.02. The zero-order valence-electron chi connectivity index (χ0n) is 11.2. The first kappa shape index (κ1) is 14.4. The van der Waals surface area contributed by atoms with E-state index in [2.05, 4.69) is 21.5 Å². The maximum absolute atomic E-state index is 11.3. The van der Waals surface area contributed by atoms with Crippen LogP contribution in [0.5, 0.6) is 0 Å². The van der Waals surface area contributed by atoms with E-state index in [1.807, 2.05) is 18.2 Å². The molecule has 0 aliphatic rings. The van der Waals surface area contributed by atoms with Crippen molar-refractivity contribution in [1.29, 1.82) is 0 Å². The lowest BCUT2D eigenvalue weighted by atomic mass is 10.2. The maximum atomic E-state index is 11.3. The van der Waals surface area contributed by atoms with Gasteiger partial charge in [-0.3, -0.25) is 9.88 Å². The molecule has 0 aromatic carbocycles. The monoisotopic (exact) mass is 248 g/mol. The zero-order valence-corrected chi connectivity index (χ0v) is 11.2. The number of esters is 1. The number of carbonyl (C=O) groups is 1. The molecule has 1 aromatic heterocycles. The number of aromatic nitrogens is 1. The summed E-state index contributed by atoms with van der Waals surface area (Å²) >= 11 is 0. The summed E-state index contributed by atoms with van der Waals surface area (Å²) in [6.45, 7) is 6.38. The van der Waals surface area contributed by atoms with Crippen molar-refractivity contribution in [2.75, 3.05) is 20.2 Å². The largest absolute Gasteiger partial charge is 0.466 e. The SMILES string of the molecule is CCN(CC=C(C)C(=O)OC)Cc1ccncc1. The topological polar surface area (TPSA) is 42.4 Å². The van der Waals surface area contributed by atoms with Crippen molar-refractivity contribution < 1.29 is 9.53 Å². The molecule has 0 aliphatic carbocycles. The van der Waals surface area contributed by atoms with Gasteiger partial charge in [-0.25, -0.2) is 4.79 Å². The lowest BCUT2D eigenvalue weighted by Crippen LogP contribution is -2.23. The summed E-state index contributed by atoms with van der Waals surface area (Å²) < 4.78 is 4.66. The van der Waals surface area contributed by atoms with Crippen molar-refractivity contribution in [3.8, 4) is 0 Å². The molecule has 0 aliphatic heterocycles. The van der Waals surface area contributed by atoms with Crippen LogP contribution >= 0.6 is 0 Å². The van der Waals surface area contributed by atoms with E-state index in [-0.39, 0.29) is 5.97 Å². The number of likely N-dealkylation sites (N-methyl/N-ethyl adjacent to an activating group) is 1. The molecule has 0 N–H and O–H groups in total. The van der Waals surface area contributed by atoms with Crippen LogP contribution in [0.25, 0.3) is 0 Å². The molecule has 0 amide bonds. The molecule has 98 valence electrons. The first-order valence-electron chi connectivity index (χ1n) is 6.03. The second kappa shape index (κ2) is 7.61. The first-order chi connectivity index (χ1) is 8.67. The van der Waals surface area contributed by atoms with E-state index >= 15 is 0 Å². The Balaban J connectivity index is 2.55. The quantitative estimate of drug-likeness (QED) is 0.570. The lowest BCUT2D eigenvalue weighted by molar-refractivity contribution is -0.136. The fourth-order valence-electron chi connectivity index (χ4n) is 1.56. The van der Waals surface area contributed by atoms with Crippen LogP contribution in [0.4, 0.5) is 0 Å². The van der Waals surface area contributed by atoms with Crippen molar-refractivity contribution in [1.82, 2.24) is 9.88 Å². The Hall–Kier alpha value is -1.68. The van der Waals surface area contributed by atoms with Gasteiger partial charge in [-0.15, -0.1) is 0 Å². The third-order valence-electron chi connectivity index (χ3n) is 2.77. The van der Waals surface area contributed by atoms with Gasteiger partial charge in [0.15, 0.2) is 0 Å². The second-order valence-corrected chi connectivity index (χ2v) is 4.06. The molecule has 0 saturated carbocycles. The lowest BCUT2D eigenvalue weighted by Gasteiger charge is -2.18. The van der Waals surface area contributed by atoms with Crippen molar-refractivity contribution >= 4 is 5.97 Å². The highest BCUT2D eigenvalue weighted by molar-refractivity contribution is 5.87. The average molecular weight is 248 g/mol. The smallest absolute Gasteiger partial charge is 0.333 e. The van der Waals surface area contributed by atoms with Crippen molar-refractivity contribution in [2.45, 2.75) is 20.4 Å². The number of hydrogen-bond acceptors (Lipinski definition) is 4. The molecule has 4 heteroatoms. The van der Waals surface area contributed by atoms with Gasteiger partial charge in [0.1, 0.15) is 0 Å². The van der Waals surface area contributed by atoms with E-state index < -0.39 is 0 Å². The van der Waals surface area contributed by atoms with Gasteiger partial charge in [0.25, 0.3) is 0 Å². The van der Waals surface area contributed by atoms with Crippen LogP contribution in [0.15, 0.2) is 36.2 Å². The Kier molecular flexibility index (Phi) is 6.08. The third-order valence-corrected chi connectivity index (χ3v) is 2.77. The van der Waals surface area contributed by atoms with Crippen molar-refractivity contribution in [2.24, 2.45) is 0 Å². The molecule has 4 nitrogen and oxygen atoms in total. The minimum absolute atomic E-state index is 0.269. The molecule has 0 unspecified atom stereocenters. The maximum Gasteiger partial charge on any atom is 0.333 e. The van der Waals surface area contributed by atoms with E-state index in [1.54, 1.807) is 19.3 Å². The zero-order chi connectivity index (χ0) is 13.4. The standard InChI is InChI=1S/C14H20N2O2/c1-4-16(10-7-12(2)14(17)18-3)11-13-5-8-15-9-6-13/h5-9H,4,10-11H2,1-3H3. The third kappa shape index (κ3) is 4.67. The summed E-state index contributed by atoms with van der Waals surface area (Å²) in [5, 5.41) is 0. The number of nitrogens with zero attached hydrogens (tertiary/aromatic N) is 2. The summed E-state index contributed by atoms with van der Waals surface area (Å²) in [6, 6.07) is 4.00. The van der Waals surface area contributed by atoms with Crippen LogP contribution in [0.1, 0.15) is 19.4 Å². The minimum atomic E-state index is -0.269. The number of pyridine rings is 1. The molecule has 1 rings (SSSR count). The summed E-state index contributed by atoms with van der Waals surface area (Å²) in [5.41, 5.74) is 1.86. The van der Waals surface area contributed by atoms with E-state index in [1.165, 1.54) is 12.7 Å². The highest BCUT2D eigenvalue weighted by atomic mass is 16.5. The predicted molar refractivity (Wildman–Crippen MR) is 71.0 cm³/mol. The molecule has 0 saturated heterocycles. The number of rotatable bonds is 6. The van der Waals surface area contributed by atoms with Gasteiger partial charge in [0, 0.05) is 31.1 Å². The highest BCUT2D eigenvalue weighted by Gasteiger charge is 2.05. The number of carbonyl (C=O) groups excluding carboxylic acids is 1. The average Bonchev–Trinajstić information content (AvgIpc) is 2.43. The molecular formula is C14H20N2O2.